The first-order chi connectivity index (χ1) is 31.5. The molecule has 0 aliphatic heterocycles. The highest BCUT2D eigenvalue weighted by atomic mass is 31.2. The van der Waals surface area contributed by atoms with Crippen molar-refractivity contribution in [2.24, 2.45) is 0 Å². The number of hydrogen-bond acceptors (Lipinski definition) is 8. The van der Waals surface area contributed by atoms with Crippen LogP contribution in [0, 0.1) is 0 Å². The van der Waals surface area contributed by atoms with Gasteiger partial charge >= 0.3 is 11.9 Å². The molecule has 0 saturated heterocycles. The van der Waals surface area contributed by atoms with E-state index >= 15 is 0 Å². The van der Waals surface area contributed by atoms with E-state index in [1.807, 2.05) is 21.1 Å². The normalized spacial score (nSPS) is 13.4. The second kappa shape index (κ2) is 47.8. The summed E-state index contributed by atoms with van der Waals surface area (Å²) in [5, 5.41) is 0. The highest BCUT2D eigenvalue weighted by molar-refractivity contribution is 7.45. The number of likely N-dealkylation sites (N-methyl/N-ethyl adjacent to an activating group) is 1. The standard InChI is InChI=1S/C55H108NO8P/c1-6-8-10-12-14-16-18-20-22-24-26-27-28-29-30-32-33-35-37-39-41-43-45-47-54(57)61-51-53(52-63-65(59,60)62-50-49-56(3,4)5)64-55(58)48-46-44-42-40-38-36-34-31-25-23-21-19-17-15-13-11-9-7-2/h23,25,53H,6-22,24,26-52H2,1-5H3/b25-23-. The SMILES string of the molecule is CCCCCCCCC/C=C\CCCCCCCCCC(=O)OC(COC(=O)CCCCCCCCCCCCCCCCCCCCCCCCC)COP(=O)([O-])OCC[N+](C)(C)C. The molecule has 2 atom stereocenters. The van der Waals surface area contributed by atoms with Gasteiger partial charge in [-0.2, -0.15) is 0 Å². The Morgan fingerprint density at radius 2 is 0.785 bits per heavy atom. The van der Waals surface area contributed by atoms with Gasteiger partial charge in [0, 0.05) is 12.8 Å². The van der Waals surface area contributed by atoms with E-state index in [0.29, 0.717) is 17.4 Å². The van der Waals surface area contributed by atoms with Crippen LogP contribution in [0.15, 0.2) is 12.2 Å². The summed E-state index contributed by atoms with van der Waals surface area (Å²) < 4.78 is 34.1. The van der Waals surface area contributed by atoms with Crippen molar-refractivity contribution in [3.05, 3.63) is 12.2 Å². The third-order valence-electron chi connectivity index (χ3n) is 12.5. The molecule has 0 N–H and O–H groups in total. The molecule has 0 aliphatic rings. The van der Waals surface area contributed by atoms with Crippen molar-refractivity contribution < 1.29 is 42.1 Å². The number of quaternary nitrogens is 1. The molecule has 10 heteroatoms. The Bertz CT molecular complexity index is 1110. The Morgan fingerprint density at radius 3 is 1.14 bits per heavy atom. The molecule has 2 unspecified atom stereocenters. The maximum Gasteiger partial charge on any atom is 0.306 e. The first-order valence-corrected chi connectivity index (χ1v) is 29.4. The molecule has 0 amide bonds. The van der Waals surface area contributed by atoms with Gasteiger partial charge in [-0.15, -0.1) is 0 Å². The molecule has 0 aromatic heterocycles. The van der Waals surface area contributed by atoms with Gasteiger partial charge in [-0.1, -0.05) is 238 Å². The molecular formula is C55H108NO8P. The average molecular weight is 942 g/mol. The molecule has 386 valence electrons. The van der Waals surface area contributed by atoms with Gasteiger partial charge in [0.25, 0.3) is 7.82 Å². The molecule has 0 aromatic rings. The van der Waals surface area contributed by atoms with Crippen molar-refractivity contribution in [2.45, 2.75) is 283 Å². The van der Waals surface area contributed by atoms with E-state index in [9.17, 15) is 19.0 Å². The number of allylic oxidation sites excluding steroid dienone is 2. The zero-order valence-corrected chi connectivity index (χ0v) is 44.6. The van der Waals surface area contributed by atoms with Crippen LogP contribution < -0.4 is 4.89 Å². The molecule has 0 spiro atoms. The average Bonchev–Trinajstić information content (AvgIpc) is 3.26. The molecular weight excluding hydrogens is 834 g/mol. The first-order valence-electron chi connectivity index (χ1n) is 27.9. The molecule has 65 heavy (non-hydrogen) atoms. The van der Waals surface area contributed by atoms with Gasteiger partial charge in [-0.3, -0.25) is 14.2 Å². The maximum atomic E-state index is 12.8. The lowest BCUT2D eigenvalue weighted by atomic mass is 10.0. The van der Waals surface area contributed by atoms with Crippen LogP contribution in [0.3, 0.4) is 0 Å². The third kappa shape index (κ3) is 52.0. The number of carbonyl (C=O) groups is 2. The van der Waals surface area contributed by atoms with Gasteiger partial charge < -0.3 is 27.9 Å². The van der Waals surface area contributed by atoms with Gasteiger partial charge in [-0.05, 0) is 38.5 Å². The number of esters is 2. The highest BCUT2D eigenvalue weighted by Gasteiger charge is 2.22. The number of phosphoric acid groups is 1. The van der Waals surface area contributed by atoms with Crippen LogP contribution in [0.2, 0.25) is 0 Å². The third-order valence-corrected chi connectivity index (χ3v) is 13.5. The maximum absolute atomic E-state index is 12.8. The van der Waals surface area contributed by atoms with E-state index in [0.717, 1.165) is 44.9 Å². The van der Waals surface area contributed by atoms with Crippen molar-refractivity contribution >= 4 is 19.8 Å². The molecule has 9 nitrogen and oxygen atoms in total. The van der Waals surface area contributed by atoms with Crippen LogP contribution >= 0.6 is 7.82 Å². The van der Waals surface area contributed by atoms with E-state index in [1.165, 1.54) is 199 Å². The fourth-order valence-corrected chi connectivity index (χ4v) is 8.91. The minimum Gasteiger partial charge on any atom is -0.756 e. The molecule has 0 radical (unpaired) electrons. The highest BCUT2D eigenvalue weighted by Crippen LogP contribution is 2.38. The zero-order valence-electron chi connectivity index (χ0n) is 43.7. The largest absolute Gasteiger partial charge is 0.756 e. The molecule has 0 aromatic carbocycles. The fraction of sp³-hybridized carbons (Fsp3) is 0.927. The Hall–Kier alpha value is -1.25. The predicted molar refractivity (Wildman–Crippen MR) is 273 cm³/mol. The van der Waals surface area contributed by atoms with Crippen molar-refractivity contribution in [2.75, 3.05) is 47.5 Å². The van der Waals surface area contributed by atoms with Gasteiger partial charge in [-0.25, -0.2) is 0 Å². The van der Waals surface area contributed by atoms with Crippen LogP contribution in [0.25, 0.3) is 0 Å². The van der Waals surface area contributed by atoms with E-state index in [2.05, 4.69) is 26.0 Å². The minimum atomic E-state index is -4.63. The number of hydrogen-bond donors (Lipinski definition) is 0. The summed E-state index contributed by atoms with van der Waals surface area (Å²) in [4.78, 5) is 37.8. The summed E-state index contributed by atoms with van der Waals surface area (Å²) in [7, 11) is 1.18. The summed E-state index contributed by atoms with van der Waals surface area (Å²) in [5.74, 6) is -0.821. The summed E-state index contributed by atoms with van der Waals surface area (Å²) in [5.41, 5.74) is 0. The molecule has 0 saturated carbocycles. The van der Waals surface area contributed by atoms with E-state index in [1.54, 1.807) is 0 Å². The van der Waals surface area contributed by atoms with Crippen molar-refractivity contribution in [1.29, 1.82) is 0 Å². The Kier molecular flexibility index (Phi) is 46.9. The number of carbonyl (C=O) groups excluding carboxylic acids is 2. The number of rotatable bonds is 52. The van der Waals surface area contributed by atoms with Gasteiger partial charge in [0.05, 0.1) is 27.7 Å². The summed E-state index contributed by atoms with van der Waals surface area (Å²) in [6.45, 7) is 4.28. The summed E-state index contributed by atoms with van der Waals surface area (Å²) in [6, 6.07) is 0. The van der Waals surface area contributed by atoms with Gasteiger partial charge in [0.2, 0.25) is 0 Å². The van der Waals surface area contributed by atoms with Gasteiger partial charge in [0.15, 0.2) is 6.10 Å². The number of unbranched alkanes of at least 4 members (excludes halogenated alkanes) is 36. The zero-order chi connectivity index (χ0) is 47.8. The topological polar surface area (TPSA) is 111 Å². The molecule has 0 fully saturated rings. The molecule has 0 rings (SSSR count). The smallest absolute Gasteiger partial charge is 0.306 e. The minimum absolute atomic E-state index is 0.0281. The number of nitrogens with zero attached hydrogens (tertiary/aromatic N) is 1. The summed E-state index contributed by atoms with van der Waals surface area (Å²) in [6.07, 6.45) is 53.9. The van der Waals surface area contributed by atoms with Crippen molar-refractivity contribution in [1.82, 2.24) is 0 Å². The molecule has 0 aliphatic carbocycles. The van der Waals surface area contributed by atoms with Crippen LogP contribution in [-0.2, 0) is 32.7 Å². The van der Waals surface area contributed by atoms with E-state index in [4.69, 9.17) is 18.5 Å². The number of phosphoric ester groups is 1. The van der Waals surface area contributed by atoms with Crippen LogP contribution in [0.1, 0.15) is 277 Å². The second-order valence-corrected chi connectivity index (χ2v) is 21.7. The Balaban J connectivity index is 4.14. The van der Waals surface area contributed by atoms with Crippen LogP contribution in [0.5, 0.6) is 0 Å². The quantitative estimate of drug-likeness (QED) is 0.0195. The predicted octanol–water partition coefficient (Wildman–Crippen LogP) is 16.2. The van der Waals surface area contributed by atoms with Gasteiger partial charge in [0.1, 0.15) is 19.8 Å². The lowest BCUT2D eigenvalue weighted by Gasteiger charge is -2.28. The lowest BCUT2D eigenvalue weighted by molar-refractivity contribution is -0.870. The molecule has 0 heterocycles. The monoisotopic (exact) mass is 942 g/mol. The lowest BCUT2D eigenvalue weighted by Crippen LogP contribution is -2.37. The number of ether oxygens (including phenoxy) is 2. The van der Waals surface area contributed by atoms with E-state index in [-0.39, 0.29) is 32.0 Å². The van der Waals surface area contributed by atoms with Crippen LogP contribution in [-0.4, -0.2) is 70.0 Å². The Labute approximate surface area is 403 Å². The second-order valence-electron chi connectivity index (χ2n) is 20.3. The van der Waals surface area contributed by atoms with Crippen molar-refractivity contribution in [3.63, 3.8) is 0 Å². The first kappa shape index (κ1) is 63.8. The molecule has 0 bridgehead atoms. The van der Waals surface area contributed by atoms with Crippen molar-refractivity contribution in [3.8, 4) is 0 Å². The Morgan fingerprint density at radius 1 is 0.462 bits per heavy atom. The summed E-state index contributed by atoms with van der Waals surface area (Å²) >= 11 is 0. The van der Waals surface area contributed by atoms with Crippen LogP contribution in [0.4, 0.5) is 0 Å². The van der Waals surface area contributed by atoms with E-state index < -0.39 is 26.5 Å². The fourth-order valence-electron chi connectivity index (χ4n) is 8.18.